The maximum Gasteiger partial charge on any atom is 0.307 e. The number of carboxylic acids is 1. The van der Waals surface area contributed by atoms with Gasteiger partial charge in [0.05, 0.1) is 6.42 Å². The van der Waals surface area contributed by atoms with Crippen molar-refractivity contribution in [2.45, 2.75) is 6.42 Å². The van der Waals surface area contributed by atoms with Gasteiger partial charge in [-0.05, 0) is 23.8 Å². The van der Waals surface area contributed by atoms with Gasteiger partial charge in [0.1, 0.15) is 11.5 Å². The Morgan fingerprint density at radius 2 is 2.12 bits per heavy atom. The Morgan fingerprint density at radius 3 is 2.82 bits per heavy atom. The second-order valence-electron chi connectivity index (χ2n) is 3.60. The molecule has 0 aliphatic heterocycles. The van der Waals surface area contributed by atoms with Gasteiger partial charge in [-0.2, -0.15) is 0 Å². The highest BCUT2D eigenvalue weighted by Gasteiger charge is 2.07. The molecule has 2 aromatic rings. The van der Waals surface area contributed by atoms with Gasteiger partial charge in [0.25, 0.3) is 0 Å². The van der Waals surface area contributed by atoms with E-state index in [1.54, 1.807) is 24.3 Å². The lowest BCUT2D eigenvalue weighted by molar-refractivity contribution is -0.136. The normalized spacial score (nSPS) is 10.2. The minimum atomic E-state index is -0.913. The predicted octanol–water partition coefficient (Wildman–Crippen LogP) is 2.51. The van der Waals surface area contributed by atoms with E-state index in [1.807, 2.05) is 0 Å². The third kappa shape index (κ3) is 2.66. The molecule has 0 fully saturated rings. The Kier molecular flexibility index (Phi) is 3.14. The molecule has 0 aliphatic rings. The number of carboxylic acid groups (broad SMARTS) is 1. The van der Waals surface area contributed by atoms with Crippen LogP contribution >= 0.6 is 0 Å². The third-order valence-electron chi connectivity index (χ3n) is 2.31. The predicted molar refractivity (Wildman–Crippen MR) is 61.0 cm³/mol. The monoisotopic (exact) mass is 231 g/mol. The summed E-state index contributed by atoms with van der Waals surface area (Å²) in [5.74, 6) is -1.33. The Hall–Kier alpha value is -2.23. The van der Waals surface area contributed by atoms with Gasteiger partial charge in [-0.3, -0.25) is 9.78 Å². The zero-order valence-electron chi connectivity index (χ0n) is 8.93. The van der Waals surface area contributed by atoms with Crippen molar-refractivity contribution in [3.63, 3.8) is 0 Å². The van der Waals surface area contributed by atoms with E-state index in [4.69, 9.17) is 5.11 Å². The molecule has 0 radical (unpaired) electrons. The van der Waals surface area contributed by atoms with Gasteiger partial charge in [0.2, 0.25) is 0 Å². The lowest BCUT2D eigenvalue weighted by Crippen LogP contribution is -2.00. The van der Waals surface area contributed by atoms with E-state index in [2.05, 4.69) is 4.98 Å². The van der Waals surface area contributed by atoms with Gasteiger partial charge in [-0.1, -0.05) is 18.2 Å². The van der Waals surface area contributed by atoms with Gasteiger partial charge < -0.3 is 5.11 Å². The third-order valence-corrected chi connectivity index (χ3v) is 2.31. The smallest absolute Gasteiger partial charge is 0.307 e. The van der Waals surface area contributed by atoms with E-state index < -0.39 is 11.8 Å². The second kappa shape index (κ2) is 4.74. The van der Waals surface area contributed by atoms with Crippen LogP contribution in [0.5, 0.6) is 0 Å². The van der Waals surface area contributed by atoms with Gasteiger partial charge in [0.15, 0.2) is 0 Å². The fraction of sp³-hybridized carbons (Fsp3) is 0.0769. The number of benzene rings is 1. The molecule has 86 valence electrons. The molecular formula is C13H10FNO2. The van der Waals surface area contributed by atoms with Crippen molar-refractivity contribution in [1.29, 1.82) is 0 Å². The van der Waals surface area contributed by atoms with Crippen molar-refractivity contribution < 1.29 is 14.3 Å². The van der Waals surface area contributed by atoms with Crippen molar-refractivity contribution in [2.24, 2.45) is 0 Å². The molecule has 0 amide bonds. The summed E-state index contributed by atoms with van der Waals surface area (Å²) in [7, 11) is 0. The van der Waals surface area contributed by atoms with Crippen LogP contribution in [0.4, 0.5) is 4.39 Å². The number of carbonyl (C=O) groups is 1. The number of nitrogens with zero attached hydrogens (tertiary/aromatic N) is 1. The van der Waals surface area contributed by atoms with Crippen molar-refractivity contribution in [1.82, 2.24) is 4.98 Å². The van der Waals surface area contributed by atoms with Gasteiger partial charge >= 0.3 is 5.97 Å². The van der Waals surface area contributed by atoms with Crippen LogP contribution in [0.15, 0.2) is 42.6 Å². The van der Waals surface area contributed by atoms with Crippen molar-refractivity contribution >= 4 is 5.97 Å². The van der Waals surface area contributed by atoms with Crippen LogP contribution in [0, 0.1) is 5.82 Å². The topological polar surface area (TPSA) is 50.2 Å². The van der Waals surface area contributed by atoms with Crippen LogP contribution in [-0.2, 0) is 11.2 Å². The second-order valence-corrected chi connectivity index (χ2v) is 3.60. The summed E-state index contributed by atoms with van der Waals surface area (Å²) >= 11 is 0. The summed E-state index contributed by atoms with van der Waals surface area (Å²) in [5, 5.41) is 8.69. The molecule has 1 heterocycles. The van der Waals surface area contributed by atoms with Crippen LogP contribution in [0.25, 0.3) is 11.3 Å². The number of halogens is 1. The maximum absolute atomic E-state index is 13.5. The molecule has 3 nitrogen and oxygen atoms in total. The van der Waals surface area contributed by atoms with Gasteiger partial charge in [0, 0.05) is 11.8 Å². The number of hydrogen-bond acceptors (Lipinski definition) is 2. The maximum atomic E-state index is 13.5. The van der Waals surface area contributed by atoms with Crippen LogP contribution in [0.1, 0.15) is 5.56 Å². The summed E-state index contributed by atoms with van der Waals surface area (Å²) in [5.41, 5.74) is 1.45. The Bertz CT molecular complexity index is 555. The summed E-state index contributed by atoms with van der Waals surface area (Å²) in [6.07, 6.45) is 1.42. The van der Waals surface area contributed by atoms with Gasteiger partial charge in [-0.15, -0.1) is 0 Å². The van der Waals surface area contributed by atoms with E-state index >= 15 is 0 Å². The highest BCUT2D eigenvalue weighted by Crippen LogP contribution is 2.21. The Balaban J connectivity index is 2.40. The highest BCUT2D eigenvalue weighted by atomic mass is 19.1. The van der Waals surface area contributed by atoms with Gasteiger partial charge in [-0.25, -0.2) is 4.39 Å². The number of pyridine rings is 1. The quantitative estimate of drug-likeness (QED) is 0.883. The van der Waals surface area contributed by atoms with E-state index in [0.29, 0.717) is 11.1 Å². The minimum absolute atomic E-state index is 0.0811. The first-order chi connectivity index (χ1) is 8.16. The molecule has 4 heteroatoms. The SMILES string of the molecule is O=C(O)Cc1cccc(-c2ncccc2F)c1. The molecule has 0 bridgehead atoms. The van der Waals surface area contributed by atoms with E-state index in [0.717, 1.165) is 0 Å². The number of aliphatic carboxylic acids is 1. The Morgan fingerprint density at radius 1 is 1.29 bits per heavy atom. The van der Waals surface area contributed by atoms with E-state index in [1.165, 1.54) is 18.3 Å². The molecule has 0 aliphatic carbocycles. The van der Waals surface area contributed by atoms with E-state index in [-0.39, 0.29) is 12.1 Å². The zero-order valence-corrected chi connectivity index (χ0v) is 8.93. The summed E-state index contributed by atoms with van der Waals surface area (Å²) < 4.78 is 13.5. The first-order valence-corrected chi connectivity index (χ1v) is 5.08. The molecular weight excluding hydrogens is 221 g/mol. The molecule has 0 spiro atoms. The molecule has 17 heavy (non-hydrogen) atoms. The molecule has 0 saturated heterocycles. The van der Waals surface area contributed by atoms with E-state index in [9.17, 15) is 9.18 Å². The zero-order chi connectivity index (χ0) is 12.3. The standard InChI is InChI=1S/C13H10FNO2/c14-11-5-2-6-15-13(11)10-4-1-3-9(7-10)8-12(16)17/h1-7H,8H2,(H,16,17). The largest absolute Gasteiger partial charge is 0.481 e. The van der Waals surface area contributed by atoms with Crippen molar-refractivity contribution in [3.8, 4) is 11.3 Å². The summed E-state index contributed by atoms with van der Waals surface area (Å²) in [6.45, 7) is 0. The number of hydrogen-bond donors (Lipinski definition) is 1. The lowest BCUT2D eigenvalue weighted by Gasteiger charge is -2.04. The summed E-state index contributed by atoms with van der Waals surface area (Å²) in [4.78, 5) is 14.5. The number of aromatic nitrogens is 1. The molecule has 0 saturated carbocycles. The van der Waals surface area contributed by atoms with Crippen molar-refractivity contribution in [3.05, 3.63) is 54.0 Å². The number of rotatable bonds is 3. The highest BCUT2D eigenvalue weighted by molar-refractivity contribution is 5.71. The average molecular weight is 231 g/mol. The molecule has 1 N–H and O–H groups in total. The van der Waals surface area contributed by atoms with Crippen LogP contribution in [-0.4, -0.2) is 16.1 Å². The van der Waals surface area contributed by atoms with Crippen molar-refractivity contribution in [2.75, 3.05) is 0 Å². The fourth-order valence-corrected chi connectivity index (χ4v) is 1.60. The summed E-state index contributed by atoms with van der Waals surface area (Å²) in [6, 6.07) is 9.57. The minimum Gasteiger partial charge on any atom is -0.481 e. The van der Waals surface area contributed by atoms with Crippen LogP contribution in [0.3, 0.4) is 0 Å². The molecule has 1 aromatic heterocycles. The van der Waals surface area contributed by atoms with Crippen LogP contribution in [0.2, 0.25) is 0 Å². The molecule has 0 unspecified atom stereocenters. The fourth-order valence-electron chi connectivity index (χ4n) is 1.60. The first kappa shape index (κ1) is 11.3. The first-order valence-electron chi connectivity index (χ1n) is 5.08. The average Bonchev–Trinajstić information content (AvgIpc) is 2.29. The molecule has 1 aromatic carbocycles. The van der Waals surface area contributed by atoms with Crippen LogP contribution < -0.4 is 0 Å². The Labute approximate surface area is 97.6 Å². The molecule has 2 rings (SSSR count). The molecule has 0 atom stereocenters. The lowest BCUT2D eigenvalue weighted by atomic mass is 10.1.